The summed E-state index contributed by atoms with van der Waals surface area (Å²) in [4.78, 5) is 18.3. The number of aryl methyl sites for hydroxylation is 1. The molecule has 2 aromatic heterocycles. The van der Waals surface area contributed by atoms with Gasteiger partial charge < -0.3 is 9.64 Å². The van der Waals surface area contributed by atoms with Crippen LogP contribution in [0.1, 0.15) is 25.2 Å². The minimum atomic E-state index is 0.00172. The third-order valence-corrected chi connectivity index (χ3v) is 3.98. The highest BCUT2D eigenvalue weighted by Gasteiger charge is 2.26. The molecule has 3 heterocycles. The fraction of sp³-hybridized carbons (Fsp3) is 0.500. The highest BCUT2D eigenvalue weighted by molar-refractivity contribution is 5.40. The number of hydrogen-bond donors (Lipinski definition) is 1. The van der Waals surface area contributed by atoms with Crippen LogP contribution in [-0.2, 0) is 11.3 Å². The second-order valence-corrected chi connectivity index (χ2v) is 6.04. The highest BCUT2D eigenvalue weighted by atomic mass is 16.5. The molecule has 0 unspecified atom stereocenters. The number of rotatable bonds is 2. The Morgan fingerprint density at radius 1 is 1.33 bits per heavy atom. The highest BCUT2D eigenvalue weighted by Crippen LogP contribution is 2.03. The molecule has 0 aromatic carbocycles. The Labute approximate surface area is 124 Å². The predicted octanol–water partition coefficient (Wildman–Crippen LogP) is 0.195. The van der Waals surface area contributed by atoms with Gasteiger partial charge in [-0.2, -0.15) is 0 Å². The van der Waals surface area contributed by atoms with Crippen LogP contribution in [-0.4, -0.2) is 34.7 Å². The van der Waals surface area contributed by atoms with Gasteiger partial charge in [0.1, 0.15) is 43.2 Å². The fourth-order valence-corrected chi connectivity index (χ4v) is 3.24. The van der Waals surface area contributed by atoms with Gasteiger partial charge in [0.25, 0.3) is 5.56 Å². The molecule has 5 nitrogen and oxygen atoms in total. The summed E-state index contributed by atoms with van der Waals surface area (Å²) in [5.74, 6) is 0. The van der Waals surface area contributed by atoms with E-state index < -0.39 is 0 Å². The lowest BCUT2D eigenvalue weighted by Crippen LogP contribution is -3.14. The molecule has 0 bridgehead atoms. The number of hydrogen-bond acceptors (Lipinski definition) is 3. The van der Waals surface area contributed by atoms with Crippen LogP contribution < -0.4 is 10.5 Å². The number of pyridine rings is 1. The Balaban J connectivity index is 1.90. The molecule has 1 aliphatic heterocycles. The van der Waals surface area contributed by atoms with Gasteiger partial charge in [-0.25, -0.2) is 4.98 Å². The number of ether oxygens (including phenoxy) is 1. The SMILES string of the molecule is Cc1cccc2nc(C[NH+]3C[C@H](C)O[C@@H](C)C3)cc(=O)n12. The molecule has 2 aromatic rings. The molecule has 2 atom stereocenters. The van der Waals surface area contributed by atoms with Crippen molar-refractivity contribution in [3.8, 4) is 0 Å². The molecular formula is C16H22N3O2+. The van der Waals surface area contributed by atoms with E-state index in [-0.39, 0.29) is 17.8 Å². The minimum Gasteiger partial charge on any atom is -0.364 e. The van der Waals surface area contributed by atoms with Crippen LogP contribution in [0.4, 0.5) is 0 Å². The minimum absolute atomic E-state index is 0.00172. The van der Waals surface area contributed by atoms with E-state index in [1.807, 2.05) is 25.1 Å². The van der Waals surface area contributed by atoms with Gasteiger partial charge in [0.05, 0.1) is 0 Å². The Morgan fingerprint density at radius 3 is 2.76 bits per heavy atom. The molecule has 1 N–H and O–H groups in total. The number of nitrogens with one attached hydrogen (secondary N) is 1. The summed E-state index contributed by atoms with van der Waals surface area (Å²) < 4.78 is 7.41. The van der Waals surface area contributed by atoms with Gasteiger partial charge in [-0.1, -0.05) is 6.07 Å². The second-order valence-electron chi connectivity index (χ2n) is 6.04. The van der Waals surface area contributed by atoms with E-state index >= 15 is 0 Å². The van der Waals surface area contributed by atoms with Gasteiger partial charge in [-0.3, -0.25) is 9.20 Å². The van der Waals surface area contributed by atoms with Crippen LogP contribution in [0.5, 0.6) is 0 Å². The van der Waals surface area contributed by atoms with E-state index in [4.69, 9.17) is 4.74 Å². The lowest BCUT2D eigenvalue weighted by atomic mass is 10.2. The largest absolute Gasteiger partial charge is 0.364 e. The van der Waals surface area contributed by atoms with E-state index in [0.29, 0.717) is 0 Å². The summed E-state index contributed by atoms with van der Waals surface area (Å²) in [7, 11) is 0. The first kappa shape index (κ1) is 14.2. The maximum absolute atomic E-state index is 12.3. The zero-order valence-electron chi connectivity index (χ0n) is 12.8. The van der Waals surface area contributed by atoms with E-state index in [1.54, 1.807) is 10.5 Å². The Kier molecular flexibility index (Phi) is 3.78. The van der Waals surface area contributed by atoms with Gasteiger partial charge in [0.2, 0.25) is 0 Å². The molecule has 3 rings (SSSR count). The summed E-state index contributed by atoms with van der Waals surface area (Å²) in [6.07, 6.45) is 0.514. The molecule has 0 spiro atoms. The number of quaternary nitrogens is 1. The van der Waals surface area contributed by atoms with Crippen molar-refractivity contribution >= 4 is 5.65 Å². The van der Waals surface area contributed by atoms with Crippen LogP contribution in [0.15, 0.2) is 29.1 Å². The van der Waals surface area contributed by atoms with Crippen molar-refractivity contribution in [3.63, 3.8) is 0 Å². The first-order valence-corrected chi connectivity index (χ1v) is 7.50. The summed E-state index contributed by atoms with van der Waals surface area (Å²) >= 11 is 0. The maximum Gasteiger partial charge on any atom is 0.258 e. The van der Waals surface area contributed by atoms with Crippen molar-refractivity contribution in [2.75, 3.05) is 13.1 Å². The van der Waals surface area contributed by atoms with E-state index in [0.717, 1.165) is 36.7 Å². The van der Waals surface area contributed by atoms with Crippen LogP contribution in [0, 0.1) is 6.92 Å². The van der Waals surface area contributed by atoms with E-state index in [9.17, 15) is 4.79 Å². The number of aromatic nitrogens is 2. The zero-order valence-corrected chi connectivity index (χ0v) is 12.8. The molecule has 21 heavy (non-hydrogen) atoms. The lowest BCUT2D eigenvalue weighted by Gasteiger charge is -2.32. The van der Waals surface area contributed by atoms with Crippen molar-refractivity contribution in [1.82, 2.24) is 9.38 Å². The van der Waals surface area contributed by atoms with Crippen molar-refractivity contribution in [2.45, 2.75) is 39.5 Å². The quantitative estimate of drug-likeness (QED) is 0.858. The Morgan fingerprint density at radius 2 is 2.05 bits per heavy atom. The molecule has 1 aliphatic rings. The van der Waals surface area contributed by atoms with Crippen molar-refractivity contribution in [1.29, 1.82) is 0 Å². The molecule has 112 valence electrons. The first-order chi connectivity index (χ1) is 10.0. The normalized spacial score (nSPS) is 26.1. The van der Waals surface area contributed by atoms with E-state index in [2.05, 4.69) is 18.8 Å². The summed E-state index contributed by atoms with van der Waals surface area (Å²) in [6, 6.07) is 7.41. The van der Waals surface area contributed by atoms with Gasteiger partial charge in [0.15, 0.2) is 0 Å². The van der Waals surface area contributed by atoms with Gasteiger partial charge >= 0.3 is 0 Å². The molecule has 5 heteroatoms. The van der Waals surface area contributed by atoms with Gasteiger partial charge in [-0.15, -0.1) is 0 Å². The van der Waals surface area contributed by atoms with Crippen LogP contribution >= 0.6 is 0 Å². The third-order valence-electron chi connectivity index (χ3n) is 3.98. The monoisotopic (exact) mass is 288 g/mol. The second kappa shape index (κ2) is 5.58. The predicted molar refractivity (Wildman–Crippen MR) is 80.6 cm³/mol. The first-order valence-electron chi connectivity index (χ1n) is 7.50. The number of morpholine rings is 1. The number of nitrogens with zero attached hydrogens (tertiary/aromatic N) is 2. The van der Waals surface area contributed by atoms with Crippen molar-refractivity contribution in [2.24, 2.45) is 0 Å². The molecule has 0 amide bonds. The molecule has 0 aliphatic carbocycles. The molecule has 1 fully saturated rings. The standard InChI is InChI=1S/C16H21N3O2/c1-11-5-4-6-15-17-14(7-16(20)19(11)15)10-18-8-12(2)21-13(3)9-18/h4-7,12-13H,8-10H2,1-3H3/p+1/t12-,13-/m0/s1. The summed E-state index contributed by atoms with van der Waals surface area (Å²) in [5.41, 5.74) is 2.51. The summed E-state index contributed by atoms with van der Waals surface area (Å²) in [5, 5.41) is 0. The Hall–Kier alpha value is -1.72. The van der Waals surface area contributed by atoms with Crippen LogP contribution in [0.2, 0.25) is 0 Å². The fourth-order valence-electron chi connectivity index (χ4n) is 3.24. The summed E-state index contributed by atoms with van der Waals surface area (Å²) in [6.45, 7) is 8.81. The number of fused-ring (bicyclic) bond motifs is 1. The topological polar surface area (TPSA) is 48.0 Å². The van der Waals surface area contributed by atoms with Gasteiger partial charge in [-0.05, 0) is 32.9 Å². The van der Waals surface area contributed by atoms with Gasteiger partial charge in [0, 0.05) is 11.8 Å². The van der Waals surface area contributed by atoms with E-state index in [1.165, 1.54) is 4.90 Å². The molecule has 1 saturated heterocycles. The Bertz CT molecular complexity index is 700. The lowest BCUT2D eigenvalue weighted by molar-refractivity contribution is -0.928. The molecule has 0 saturated carbocycles. The smallest absolute Gasteiger partial charge is 0.258 e. The average Bonchev–Trinajstić information content (AvgIpc) is 2.36. The van der Waals surface area contributed by atoms with Crippen LogP contribution in [0.25, 0.3) is 5.65 Å². The molecular weight excluding hydrogens is 266 g/mol. The van der Waals surface area contributed by atoms with Crippen LogP contribution in [0.3, 0.4) is 0 Å². The molecule has 0 radical (unpaired) electrons. The zero-order chi connectivity index (χ0) is 15.0. The average molecular weight is 288 g/mol. The van der Waals surface area contributed by atoms with Crippen molar-refractivity contribution < 1.29 is 9.64 Å². The maximum atomic E-state index is 12.3. The van der Waals surface area contributed by atoms with Crippen molar-refractivity contribution in [3.05, 3.63) is 46.0 Å². The third kappa shape index (κ3) is 2.99.